The average Bonchev–Trinajstić information content (AvgIpc) is 2.65. The molecule has 1 fully saturated rings. The van der Waals surface area contributed by atoms with Crippen LogP contribution < -0.4 is 5.32 Å². The number of carbonyl (C=O) groups excluding carboxylic acids is 1. The van der Waals surface area contributed by atoms with Gasteiger partial charge in [-0.1, -0.05) is 0 Å². The van der Waals surface area contributed by atoms with Crippen molar-refractivity contribution >= 4 is 5.91 Å². The van der Waals surface area contributed by atoms with Gasteiger partial charge in [0.2, 0.25) is 11.8 Å². The van der Waals surface area contributed by atoms with Gasteiger partial charge in [-0.3, -0.25) is 4.79 Å². The highest BCUT2D eigenvalue weighted by atomic mass is 19.4. The molecule has 0 aromatic carbocycles. The van der Waals surface area contributed by atoms with Gasteiger partial charge in [0.05, 0.1) is 0 Å². The van der Waals surface area contributed by atoms with Gasteiger partial charge in [0, 0.05) is 19.6 Å². The summed E-state index contributed by atoms with van der Waals surface area (Å²) in [4.78, 5) is 11.9. The summed E-state index contributed by atoms with van der Waals surface area (Å²) in [5.74, 6) is -5.92. The van der Waals surface area contributed by atoms with Crippen molar-refractivity contribution in [1.29, 1.82) is 0 Å². The minimum absolute atomic E-state index is 0.165. The lowest BCUT2D eigenvalue weighted by Crippen LogP contribution is -2.50. The summed E-state index contributed by atoms with van der Waals surface area (Å²) in [5, 5.41) is 2.90. The molecule has 0 aromatic rings. The number of carbonyl (C=O) groups is 1. The van der Waals surface area contributed by atoms with E-state index in [2.05, 4.69) is 5.32 Å². The van der Waals surface area contributed by atoms with Gasteiger partial charge in [-0.25, -0.2) is 0 Å². The van der Waals surface area contributed by atoms with Crippen LogP contribution in [0.1, 0.15) is 12.8 Å². The van der Waals surface area contributed by atoms with Crippen molar-refractivity contribution in [2.45, 2.75) is 31.2 Å². The summed E-state index contributed by atoms with van der Waals surface area (Å²) in [5.41, 5.74) is 0. The Morgan fingerprint density at radius 3 is 2.16 bits per heavy atom. The van der Waals surface area contributed by atoms with E-state index in [9.17, 15) is 31.1 Å². The molecular weight excluding hydrogens is 278 g/mol. The van der Waals surface area contributed by atoms with Gasteiger partial charge in [-0.15, -0.1) is 0 Å². The zero-order chi connectivity index (χ0) is 14.8. The number of nitrogens with one attached hydrogen (secondary N) is 1. The van der Waals surface area contributed by atoms with Gasteiger partial charge in [0.25, 0.3) is 0 Å². The highest BCUT2D eigenvalue weighted by Gasteiger charge is 2.61. The van der Waals surface area contributed by atoms with Crippen LogP contribution in [0.3, 0.4) is 0 Å². The van der Waals surface area contributed by atoms with E-state index in [1.807, 2.05) is 0 Å². The fraction of sp³-hybridized carbons (Fsp3) is 0.900. The summed E-state index contributed by atoms with van der Waals surface area (Å²) in [6.07, 6.45) is -9.85. The Hall–Kier alpha value is -0.990. The van der Waals surface area contributed by atoms with Gasteiger partial charge >= 0.3 is 12.4 Å². The van der Waals surface area contributed by atoms with E-state index in [4.69, 9.17) is 0 Å². The van der Waals surface area contributed by atoms with Gasteiger partial charge in [0.1, 0.15) is 0 Å². The summed E-state index contributed by atoms with van der Waals surface area (Å²) >= 11 is 0. The van der Waals surface area contributed by atoms with E-state index >= 15 is 0 Å². The highest BCUT2D eigenvalue weighted by Crippen LogP contribution is 2.40. The van der Waals surface area contributed by atoms with Gasteiger partial charge in [-0.05, 0) is 19.4 Å². The molecular formula is C10H14F6N2O. The molecule has 1 amide bonds. The van der Waals surface area contributed by atoms with Crippen molar-refractivity contribution in [3.05, 3.63) is 0 Å². The van der Waals surface area contributed by atoms with Crippen LogP contribution in [0.25, 0.3) is 0 Å². The lowest BCUT2D eigenvalue weighted by molar-refractivity contribution is -0.277. The van der Waals surface area contributed by atoms with E-state index in [1.54, 1.807) is 0 Å². The first-order valence-electron chi connectivity index (χ1n) is 5.65. The van der Waals surface area contributed by atoms with Crippen molar-refractivity contribution in [1.82, 2.24) is 10.2 Å². The molecule has 0 aromatic heterocycles. The quantitative estimate of drug-likeness (QED) is 0.806. The number of hydrogen-bond donors (Lipinski definition) is 1. The number of alkyl halides is 6. The third-order valence-electron chi connectivity index (χ3n) is 2.93. The Morgan fingerprint density at radius 2 is 1.79 bits per heavy atom. The average molecular weight is 292 g/mol. The molecule has 0 saturated carbocycles. The summed E-state index contributed by atoms with van der Waals surface area (Å²) < 4.78 is 74.1. The highest BCUT2D eigenvalue weighted by molar-refractivity contribution is 5.80. The first-order chi connectivity index (χ1) is 8.53. The van der Waals surface area contributed by atoms with Crippen LogP contribution in [0.5, 0.6) is 0 Å². The molecule has 0 radical (unpaired) electrons. The lowest BCUT2D eigenvalue weighted by atomic mass is 10.1. The third-order valence-corrected chi connectivity index (χ3v) is 2.93. The number of halogens is 6. The predicted octanol–water partition coefficient (Wildman–Crippen LogP) is 1.94. The van der Waals surface area contributed by atoms with Gasteiger partial charge < -0.3 is 10.2 Å². The monoisotopic (exact) mass is 292 g/mol. The van der Waals surface area contributed by atoms with Crippen molar-refractivity contribution in [2.75, 3.05) is 20.1 Å². The zero-order valence-electron chi connectivity index (χ0n) is 10.1. The molecule has 19 heavy (non-hydrogen) atoms. The first kappa shape index (κ1) is 16.1. The Kier molecular flexibility index (Phi) is 4.70. The minimum atomic E-state index is -5.63. The molecule has 1 rings (SSSR count). The molecule has 1 atom stereocenters. The van der Waals surface area contributed by atoms with Crippen LogP contribution in [0.2, 0.25) is 0 Å². The SMILES string of the molecule is CN(CC1CCCN1)C(=O)C(C(F)(F)F)C(F)(F)F. The van der Waals surface area contributed by atoms with Crippen LogP contribution in [0.15, 0.2) is 0 Å². The van der Waals surface area contributed by atoms with E-state index in [0.29, 0.717) is 17.9 Å². The molecule has 112 valence electrons. The van der Waals surface area contributed by atoms with Crippen LogP contribution in [-0.2, 0) is 4.79 Å². The molecule has 0 bridgehead atoms. The third kappa shape index (κ3) is 4.26. The lowest BCUT2D eigenvalue weighted by Gasteiger charge is -2.28. The summed E-state index contributed by atoms with van der Waals surface area (Å²) in [6, 6.07) is -0.254. The predicted molar refractivity (Wildman–Crippen MR) is 54.3 cm³/mol. The van der Waals surface area contributed by atoms with E-state index in [-0.39, 0.29) is 12.6 Å². The second-order valence-corrected chi connectivity index (χ2v) is 4.53. The molecule has 9 heteroatoms. The van der Waals surface area contributed by atoms with E-state index in [1.165, 1.54) is 0 Å². The van der Waals surface area contributed by atoms with Gasteiger partial charge in [-0.2, -0.15) is 26.3 Å². The molecule has 0 spiro atoms. The summed E-state index contributed by atoms with van der Waals surface area (Å²) in [6.45, 7) is 0.482. The molecule has 3 nitrogen and oxygen atoms in total. The number of likely N-dealkylation sites (N-methyl/N-ethyl adjacent to an activating group) is 1. The number of amides is 1. The maximum absolute atomic E-state index is 12.4. The number of hydrogen-bond acceptors (Lipinski definition) is 2. The zero-order valence-corrected chi connectivity index (χ0v) is 10.1. The first-order valence-corrected chi connectivity index (χ1v) is 5.65. The molecule has 1 aliphatic rings. The molecule has 0 aliphatic carbocycles. The van der Waals surface area contributed by atoms with Crippen LogP contribution in [0.4, 0.5) is 26.3 Å². The Balaban J connectivity index is 2.76. The van der Waals surface area contributed by atoms with Crippen LogP contribution in [-0.4, -0.2) is 49.3 Å². The molecule has 1 aliphatic heterocycles. The Labute approximate surface area is 105 Å². The second kappa shape index (κ2) is 5.56. The maximum atomic E-state index is 12.4. The van der Waals surface area contributed by atoms with Crippen molar-refractivity contribution in [3.8, 4) is 0 Å². The largest absolute Gasteiger partial charge is 0.409 e. The Morgan fingerprint density at radius 1 is 1.26 bits per heavy atom. The maximum Gasteiger partial charge on any atom is 0.409 e. The standard InChI is InChI=1S/C10H14F6N2O/c1-18(5-6-3-2-4-17-6)8(19)7(9(11,12)13)10(14,15)16/h6-7,17H,2-5H2,1H3. The topological polar surface area (TPSA) is 32.3 Å². The van der Waals surface area contributed by atoms with Crippen molar-refractivity contribution in [3.63, 3.8) is 0 Å². The molecule has 1 unspecified atom stereocenters. The number of nitrogens with zero attached hydrogens (tertiary/aromatic N) is 1. The van der Waals surface area contributed by atoms with Crippen LogP contribution in [0, 0.1) is 5.92 Å². The molecule has 1 heterocycles. The fourth-order valence-electron chi connectivity index (χ4n) is 2.02. The minimum Gasteiger partial charge on any atom is -0.343 e. The van der Waals surface area contributed by atoms with E-state index in [0.717, 1.165) is 13.5 Å². The van der Waals surface area contributed by atoms with Crippen LogP contribution >= 0.6 is 0 Å². The van der Waals surface area contributed by atoms with Crippen molar-refractivity contribution < 1.29 is 31.1 Å². The normalized spacial score (nSPS) is 20.9. The molecule has 1 saturated heterocycles. The van der Waals surface area contributed by atoms with Crippen molar-refractivity contribution in [2.24, 2.45) is 5.92 Å². The Bertz CT molecular complexity index is 307. The fourth-order valence-corrected chi connectivity index (χ4v) is 2.02. The van der Waals surface area contributed by atoms with Gasteiger partial charge in [0.15, 0.2) is 0 Å². The number of rotatable bonds is 3. The second-order valence-electron chi connectivity index (χ2n) is 4.53. The smallest absolute Gasteiger partial charge is 0.343 e. The van der Waals surface area contributed by atoms with E-state index < -0.39 is 24.2 Å². The molecule has 1 N–H and O–H groups in total. The summed E-state index contributed by atoms with van der Waals surface area (Å²) in [7, 11) is 0.951.